The van der Waals surface area contributed by atoms with Crippen molar-refractivity contribution >= 4 is 57.0 Å². The minimum absolute atomic E-state index is 0. The van der Waals surface area contributed by atoms with Crippen molar-refractivity contribution in [1.29, 1.82) is 0 Å². The van der Waals surface area contributed by atoms with Gasteiger partial charge in [0.15, 0.2) is 0 Å². The van der Waals surface area contributed by atoms with E-state index in [1.807, 2.05) is 0 Å². The van der Waals surface area contributed by atoms with Crippen LogP contribution in [-0.2, 0) is 10.0 Å². The van der Waals surface area contributed by atoms with E-state index in [4.69, 9.17) is 28.9 Å². The van der Waals surface area contributed by atoms with Gasteiger partial charge in [-0.25, -0.2) is 13.1 Å². The van der Waals surface area contributed by atoms with Crippen molar-refractivity contribution in [3.05, 3.63) is 14.7 Å². The van der Waals surface area contributed by atoms with Crippen LogP contribution < -0.4 is 10.5 Å². The maximum absolute atomic E-state index is 11.7. The molecule has 0 spiro atoms. The Balaban J connectivity index is 0.00000225. The van der Waals surface area contributed by atoms with Gasteiger partial charge >= 0.3 is 0 Å². The molecule has 0 saturated heterocycles. The van der Waals surface area contributed by atoms with Gasteiger partial charge in [-0.05, 0) is 13.0 Å². The fraction of sp³-hybridized carbons (Fsp3) is 0.429. The zero-order valence-corrected chi connectivity index (χ0v) is 12.2. The largest absolute Gasteiger partial charge is 0.329 e. The molecule has 0 radical (unpaired) electrons. The average Bonchev–Trinajstić information content (AvgIpc) is 2.45. The Hall–Kier alpha value is 0.440. The maximum atomic E-state index is 11.7. The van der Waals surface area contributed by atoms with Crippen LogP contribution in [0.3, 0.4) is 0 Å². The highest BCUT2D eigenvalue weighted by Gasteiger charge is 2.22. The molecule has 16 heavy (non-hydrogen) atoms. The summed E-state index contributed by atoms with van der Waals surface area (Å²) in [5.74, 6) is 0. The third-order valence-electron chi connectivity index (χ3n) is 1.62. The highest BCUT2D eigenvalue weighted by Crippen LogP contribution is 2.34. The van der Waals surface area contributed by atoms with Gasteiger partial charge in [0.25, 0.3) is 0 Å². The average molecular weight is 326 g/mol. The molecule has 3 N–H and O–H groups in total. The van der Waals surface area contributed by atoms with Gasteiger partial charge in [-0.1, -0.05) is 23.2 Å². The topological polar surface area (TPSA) is 72.2 Å². The molecule has 0 bridgehead atoms. The van der Waals surface area contributed by atoms with E-state index in [0.717, 1.165) is 11.3 Å². The van der Waals surface area contributed by atoms with Gasteiger partial charge in [0.05, 0.1) is 4.34 Å². The number of rotatable bonds is 4. The van der Waals surface area contributed by atoms with Crippen molar-refractivity contribution in [2.75, 3.05) is 6.54 Å². The van der Waals surface area contributed by atoms with Crippen LogP contribution in [0, 0.1) is 0 Å². The molecule has 0 aromatic carbocycles. The van der Waals surface area contributed by atoms with Crippen molar-refractivity contribution in [3.8, 4) is 0 Å². The zero-order chi connectivity index (χ0) is 11.6. The molecule has 4 nitrogen and oxygen atoms in total. The second-order valence-electron chi connectivity index (χ2n) is 2.95. The van der Waals surface area contributed by atoms with Crippen LogP contribution in [0.2, 0.25) is 8.67 Å². The van der Waals surface area contributed by atoms with Crippen LogP contribution in [-0.4, -0.2) is 21.0 Å². The third-order valence-corrected chi connectivity index (χ3v) is 4.97. The van der Waals surface area contributed by atoms with Crippen LogP contribution in [0.4, 0.5) is 0 Å². The maximum Gasteiger partial charge on any atom is 0.243 e. The molecular formula is C7H11Cl3N2O2S2. The summed E-state index contributed by atoms with van der Waals surface area (Å²) in [6.45, 7) is 1.88. The third kappa shape index (κ3) is 4.03. The van der Waals surface area contributed by atoms with E-state index >= 15 is 0 Å². The van der Waals surface area contributed by atoms with Gasteiger partial charge in [-0.3, -0.25) is 0 Å². The van der Waals surface area contributed by atoms with Gasteiger partial charge in [-0.2, -0.15) is 0 Å². The van der Waals surface area contributed by atoms with Crippen molar-refractivity contribution in [2.24, 2.45) is 5.73 Å². The lowest BCUT2D eigenvalue weighted by molar-refractivity contribution is 0.563. The summed E-state index contributed by atoms with van der Waals surface area (Å²) in [5, 5.41) is 0. The first-order valence-electron chi connectivity index (χ1n) is 4.04. The summed E-state index contributed by atoms with van der Waals surface area (Å²) < 4.78 is 26.3. The van der Waals surface area contributed by atoms with Gasteiger partial charge in [-0.15, -0.1) is 23.7 Å². The van der Waals surface area contributed by atoms with Crippen LogP contribution in [0.15, 0.2) is 11.0 Å². The number of sulfonamides is 1. The smallest absolute Gasteiger partial charge is 0.243 e. The molecule has 0 unspecified atom stereocenters. The SMILES string of the molecule is C[C@@H](CN)NS(=O)(=O)c1cc(Cl)sc1Cl.Cl. The second kappa shape index (κ2) is 6.39. The lowest BCUT2D eigenvalue weighted by atomic mass is 10.4. The molecule has 1 aromatic heterocycles. The lowest BCUT2D eigenvalue weighted by Crippen LogP contribution is -2.37. The minimum atomic E-state index is -3.62. The first kappa shape index (κ1) is 16.4. The molecule has 0 aliphatic carbocycles. The van der Waals surface area contributed by atoms with E-state index < -0.39 is 10.0 Å². The predicted molar refractivity (Wildman–Crippen MR) is 70.4 cm³/mol. The quantitative estimate of drug-likeness (QED) is 0.890. The molecule has 1 rings (SSSR count). The van der Waals surface area contributed by atoms with E-state index in [-0.39, 0.29) is 34.2 Å². The molecule has 1 atom stereocenters. The number of hydrogen-bond acceptors (Lipinski definition) is 4. The number of hydrogen-bond donors (Lipinski definition) is 2. The lowest BCUT2D eigenvalue weighted by Gasteiger charge is -2.10. The molecule has 94 valence electrons. The Labute approximate surface area is 115 Å². The van der Waals surface area contributed by atoms with Gasteiger partial charge < -0.3 is 5.73 Å². The predicted octanol–water partition coefficient (Wildman–Crippen LogP) is 2.10. The van der Waals surface area contributed by atoms with E-state index in [2.05, 4.69) is 4.72 Å². The molecule has 0 saturated carbocycles. The normalized spacial score (nSPS) is 13.2. The molecule has 0 aliphatic heterocycles. The molecular weight excluding hydrogens is 315 g/mol. The number of nitrogens with one attached hydrogen (secondary N) is 1. The summed E-state index contributed by atoms with van der Waals surface area (Å²) in [7, 11) is -3.62. The van der Waals surface area contributed by atoms with E-state index in [0.29, 0.717) is 4.34 Å². The van der Waals surface area contributed by atoms with Crippen molar-refractivity contribution in [1.82, 2.24) is 4.72 Å². The highest BCUT2D eigenvalue weighted by atomic mass is 35.5. The molecule has 0 amide bonds. The van der Waals surface area contributed by atoms with Gasteiger partial charge in [0, 0.05) is 12.6 Å². The van der Waals surface area contributed by atoms with Crippen LogP contribution >= 0.6 is 46.9 Å². The molecule has 9 heteroatoms. The monoisotopic (exact) mass is 324 g/mol. The van der Waals surface area contributed by atoms with Crippen LogP contribution in [0.5, 0.6) is 0 Å². The minimum Gasteiger partial charge on any atom is -0.329 e. The Morgan fingerprint density at radius 2 is 2.12 bits per heavy atom. The Morgan fingerprint density at radius 3 is 2.50 bits per heavy atom. The molecule has 1 heterocycles. The fourth-order valence-corrected chi connectivity index (χ4v) is 4.29. The van der Waals surface area contributed by atoms with Gasteiger partial charge in [0.2, 0.25) is 10.0 Å². The molecule has 1 aromatic rings. The summed E-state index contributed by atoms with van der Waals surface area (Å²) in [6.07, 6.45) is 0. The summed E-state index contributed by atoms with van der Waals surface area (Å²) >= 11 is 12.4. The Bertz CT molecular complexity index is 446. The molecule has 0 aliphatic rings. The van der Waals surface area contributed by atoms with E-state index in [9.17, 15) is 8.42 Å². The number of nitrogens with two attached hydrogens (primary N) is 1. The second-order valence-corrected chi connectivity index (χ2v) is 6.91. The summed E-state index contributed by atoms with van der Waals surface area (Å²) in [5.41, 5.74) is 5.32. The number of thiophene rings is 1. The standard InChI is InChI=1S/C7H10Cl2N2O2S2.ClH/c1-4(3-10)11-15(12,13)5-2-6(8)14-7(5)9;/h2,4,11H,3,10H2,1H3;1H/t4-;/m0./s1. The van der Waals surface area contributed by atoms with Crippen molar-refractivity contribution < 1.29 is 8.42 Å². The zero-order valence-electron chi connectivity index (χ0n) is 8.24. The Morgan fingerprint density at radius 1 is 1.56 bits per heavy atom. The molecule has 0 fully saturated rings. The Kier molecular flexibility index (Phi) is 6.57. The van der Waals surface area contributed by atoms with Crippen molar-refractivity contribution in [2.45, 2.75) is 17.9 Å². The summed E-state index contributed by atoms with van der Waals surface area (Å²) in [4.78, 5) is -0.000494. The number of halogens is 3. The van der Waals surface area contributed by atoms with Crippen molar-refractivity contribution in [3.63, 3.8) is 0 Å². The summed E-state index contributed by atoms with van der Waals surface area (Å²) in [6, 6.07) is 0.977. The first-order chi connectivity index (χ1) is 6.86. The van der Waals surface area contributed by atoms with E-state index in [1.54, 1.807) is 6.92 Å². The fourth-order valence-electron chi connectivity index (χ4n) is 0.885. The first-order valence-corrected chi connectivity index (χ1v) is 7.09. The van der Waals surface area contributed by atoms with Gasteiger partial charge in [0.1, 0.15) is 9.23 Å². The van der Waals surface area contributed by atoms with E-state index in [1.165, 1.54) is 6.07 Å². The highest BCUT2D eigenvalue weighted by molar-refractivity contribution is 7.89. The van der Waals surface area contributed by atoms with Crippen LogP contribution in [0.1, 0.15) is 6.92 Å². The van der Waals surface area contributed by atoms with Crippen LogP contribution in [0.25, 0.3) is 0 Å².